The number of benzene rings is 1. The van der Waals surface area contributed by atoms with Crippen molar-refractivity contribution in [3.05, 3.63) is 65.5 Å². The molecule has 2 atom stereocenters. The van der Waals surface area contributed by atoms with E-state index in [0.717, 1.165) is 31.2 Å². The number of aromatic nitrogens is 1. The first kappa shape index (κ1) is 21.7. The van der Waals surface area contributed by atoms with Crippen LogP contribution in [0, 0.1) is 0 Å². The lowest BCUT2D eigenvalue weighted by Gasteiger charge is -2.12. The van der Waals surface area contributed by atoms with Crippen LogP contribution in [-0.4, -0.2) is 30.1 Å². The van der Waals surface area contributed by atoms with Crippen LogP contribution < -0.4 is 10.6 Å². The second-order valence-corrected chi connectivity index (χ2v) is 7.25. The topological polar surface area (TPSA) is 49.3 Å². The zero-order valence-electron chi connectivity index (χ0n) is 16.5. The Morgan fingerprint density at radius 3 is 2.59 bits per heavy atom. The summed E-state index contributed by atoms with van der Waals surface area (Å²) in [6, 6.07) is 15.6. The van der Waals surface area contributed by atoms with Crippen LogP contribution in [0.25, 0.3) is 0 Å². The average molecular weight is 478 g/mol. The van der Waals surface area contributed by atoms with E-state index in [1.54, 1.807) is 0 Å². The number of aliphatic imine (C=N–C) groups is 1. The molecule has 4 nitrogen and oxygen atoms in total. The normalized spacial score (nSPS) is 18.7. The van der Waals surface area contributed by atoms with E-state index in [4.69, 9.17) is 4.99 Å². The van der Waals surface area contributed by atoms with Crippen molar-refractivity contribution in [1.82, 2.24) is 15.6 Å². The average Bonchev–Trinajstić information content (AvgIpc) is 3.42. The Morgan fingerprint density at radius 2 is 1.96 bits per heavy atom. The second-order valence-electron chi connectivity index (χ2n) is 7.25. The SMILES string of the molecule is CCNC(=NCCc1ccccn1)NC1CC1c1ccc(C(C)C)cc1.I. The minimum Gasteiger partial charge on any atom is -0.357 e. The molecular weight excluding hydrogens is 447 g/mol. The van der Waals surface area contributed by atoms with Crippen LogP contribution in [0.15, 0.2) is 53.7 Å². The van der Waals surface area contributed by atoms with Crippen LogP contribution in [-0.2, 0) is 6.42 Å². The second kappa shape index (κ2) is 10.6. The van der Waals surface area contributed by atoms with Gasteiger partial charge in [-0.3, -0.25) is 9.98 Å². The van der Waals surface area contributed by atoms with E-state index in [1.165, 1.54) is 17.5 Å². The van der Waals surface area contributed by atoms with E-state index in [-0.39, 0.29) is 24.0 Å². The van der Waals surface area contributed by atoms with Gasteiger partial charge in [0.25, 0.3) is 0 Å². The predicted molar refractivity (Wildman–Crippen MR) is 124 cm³/mol. The van der Waals surface area contributed by atoms with Crippen molar-refractivity contribution in [3.8, 4) is 0 Å². The van der Waals surface area contributed by atoms with Crippen molar-refractivity contribution in [2.75, 3.05) is 13.1 Å². The molecule has 0 aliphatic heterocycles. The molecule has 0 radical (unpaired) electrons. The van der Waals surface area contributed by atoms with Gasteiger partial charge >= 0.3 is 0 Å². The fraction of sp³-hybridized carbons (Fsp3) is 0.455. The summed E-state index contributed by atoms with van der Waals surface area (Å²) in [5.41, 5.74) is 3.92. The number of nitrogens with zero attached hydrogens (tertiary/aromatic N) is 2. The summed E-state index contributed by atoms with van der Waals surface area (Å²) in [5, 5.41) is 6.94. The van der Waals surface area contributed by atoms with Gasteiger partial charge in [-0.15, -0.1) is 24.0 Å². The molecule has 2 unspecified atom stereocenters. The molecule has 1 aromatic heterocycles. The van der Waals surface area contributed by atoms with Gasteiger partial charge in [-0.05, 0) is 42.5 Å². The maximum atomic E-state index is 4.71. The predicted octanol–water partition coefficient (Wildman–Crippen LogP) is 4.48. The monoisotopic (exact) mass is 478 g/mol. The summed E-state index contributed by atoms with van der Waals surface area (Å²) in [5.74, 6) is 2.09. The lowest BCUT2D eigenvalue weighted by atomic mass is 10.0. The molecule has 0 amide bonds. The third-order valence-electron chi connectivity index (χ3n) is 4.85. The van der Waals surface area contributed by atoms with Crippen LogP contribution in [0.1, 0.15) is 55.8 Å². The maximum Gasteiger partial charge on any atom is 0.191 e. The number of guanidine groups is 1. The Bertz CT molecular complexity index is 713. The molecule has 1 aromatic carbocycles. The quantitative estimate of drug-likeness (QED) is 0.351. The van der Waals surface area contributed by atoms with Crippen molar-refractivity contribution in [1.29, 1.82) is 0 Å². The maximum absolute atomic E-state index is 4.71. The number of halogens is 1. The molecule has 2 aromatic rings. The lowest BCUT2D eigenvalue weighted by molar-refractivity contribution is 0.789. The van der Waals surface area contributed by atoms with E-state index in [2.05, 4.69) is 60.7 Å². The molecule has 27 heavy (non-hydrogen) atoms. The molecule has 1 aliphatic carbocycles. The zero-order valence-corrected chi connectivity index (χ0v) is 18.8. The van der Waals surface area contributed by atoms with E-state index in [0.29, 0.717) is 17.9 Å². The zero-order chi connectivity index (χ0) is 18.4. The molecule has 1 saturated carbocycles. The molecule has 2 N–H and O–H groups in total. The van der Waals surface area contributed by atoms with Crippen LogP contribution in [0.4, 0.5) is 0 Å². The number of pyridine rings is 1. The first-order valence-corrected chi connectivity index (χ1v) is 9.72. The minimum atomic E-state index is 0. The van der Waals surface area contributed by atoms with E-state index in [1.807, 2.05) is 24.4 Å². The largest absolute Gasteiger partial charge is 0.357 e. The van der Waals surface area contributed by atoms with Crippen LogP contribution in [0.2, 0.25) is 0 Å². The Kier molecular flexibility index (Phi) is 8.54. The van der Waals surface area contributed by atoms with E-state index < -0.39 is 0 Å². The van der Waals surface area contributed by atoms with Gasteiger partial charge in [-0.1, -0.05) is 44.2 Å². The number of hydrogen-bond donors (Lipinski definition) is 2. The standard InChI is InChI=1S/C22H30N4.HI/c1-4-23-22(25-14-12-19-7-5-6-13-24-19)26-21-15-20(21)18-10-8-17(9-11-18)16(2)3;/h5-11,13,16,20-21H,4,12,14-15H2,1-3H3,(H2,23,25,26);1H. The Labute approximate surface area is 180 Å². The Hall–Kier alpha value is -1.63. The van der Waals surface area contributed by atoms with Gasteiger partial charge in [0.1, 0.15) is 0 Å². The Balaban J connectivity index is 0.00000261. The number of nitrogens with one attached hydrogen (secondary N) is 2. The fourth-order valence-corrected chi connectivity index (χ4v) is 3.17. The smallest absolute Gasteiger partial charge is 0.191 e. The van der Waals surface area contributed by atoms with Gasteiger partial charge < -0.3 is 10.6 Å². The molecule has 5 heteroatoms. The lowest BCUT2D eigenvalue weighted by Crippen LogP contribution is -2.39. The highest BCUT2D eigenvalue weighted by Crippen LogP contribution is 2.41. The summed E-state index contributed by atoms with van der Waals surface area (Å²) in [4.78, 5) is 9.06. The molecule has 0 saturated heterocycles. The van der Waals surface area contributed by atoms with Crippen molar-refractivity contribution in [3.63, 3.8) is 0 Å². The van der Waals surface area contributed by atoms with Gasteiger partial charge in [0.2, 0.25) is 0 Å². The van der Waals surface area contributed by atoms with Crippen molar-refractivity contribution in [2.45, 2.75) is 51.5 Å². The summed E-state index contributed by atoms with van der Waals surface area (Å²) in [7, 11) is 0. The van der Waals surface area contributed by atoms with E-state index >= 15 is 0 Å². The molecule has 1 fully saturated rings. The van der Waals surface area contributed by atoms with E-state index in [9.17, 15) is 0 Å². The summed E-state index contributed by atoms with van der Waals surface area (Å²) in [6.07, 6.45) is 3.87. The highest BCUT2D eigenvalue weighted by Gasteiger charge is 2.38. The third-order valence-corrected chi connectivity index (χ3v) is 4.85. The summed E-state index contributed by atoms with van der Waals surface area (Å²) in [6.45, 7) is 8.19. The number of rotatable bonds is 7. The molecule has 3 rings (SSSR count). The van der Waals surface area contributed by atoms with Gasteiger partial charge in [0.05, 0.1) is 0 Å². The van der Waals surface area contributed by atoms with Crippen LogP contribution >= 0.6 is 24.0 Å². The fourth-order valence-electron chi connectivity index (χ4n) is 3.17. The summed E-state index contributed by atoms with van der Waals surface area (Å²) < 4.78 is 0. The van der Waals surface area contributed by atoms with Crippen LogP contribution in [0.3, 0.4) is 0 Å². The molecule has 0 bridgehead atoms. The molecule has 146 valence electrons. The first-order valence-electron chi connectivity index (χ1n) is 9.72. The number of hydrogen-bond acceptors (Lipinski definition) is 2. The van der Waals surface area contributed by atoms with Crippen LogP contribution in [0.5, 0.6) is 0 Å². The van der Waals surface area contributed by atoms with Crippen molar-refractivity contribution >= 4 is 29.9 Å². The summed E-state index contributed by atoms with van der Waals surface area (Å²) >= 11 is 0. The highest BCUT2D eigenvalue weighted by atomic mass is 127. The van der Waals surface area contributed by atoms with Gasteiger partial charge in [-0.2, -0.15) is 0 Å². The van der Waals surface area contributed by atoms with Gasteiger partial charge in [0.15, 0.2) is 5.96 Å². The third kappa shape index (κ3) is 6.48. The highest BCUT2D eigenvalue weighted by molar-refractivity contribution is 14.0. The van der Waals surface area contributed by atoms with Crippen molar-refractivity contribution in [2.24, 2.45) is 4.99 Å². The van der Waals surface area contributed by atoms with Gasteiger partial charge in [0, 0.05) is 43.4 Å². The molecule has 0 spiro atoms. The first-order chi connectivity index (χ1) is 12.7. The molecular formula is C22H31IN4. The molecule has 1 heterocycles. The molecule has 1 aliphatic rings. The van der Waals surface area contributed by atoms with Crippen molar-refractivity contribution < 1.29 is 0 Å². The minimum absolute atomic E-state index is 0. The Morgan fingerprint density at radius 1 is 1.19 bits per heavy atom. The van der Waals surface area contributed by atoms with Gasteiger partial charge in [-0.25, -0.2) is 0 Å².